The number of nitrogens with zero attached hydrogens (tertiary/aromatic N) is 2. The Morgan fingerprint density at radius 2 is 2.06 bits per heavy atom. The molecule has 1 fully saturated rings. The molecule has 17 heavy (non-hydrogen) atoms. The fourth-order valence-corrected chi connectivity index (χ4v) is 2.07. The zero-order valence-corrected chi connectivity index (χ0v) is 10.4. The lowest BCUT2D eigenvalue weighted by atomic mass is 10.1. The van der Waals surface area contributed by atoms with Crippen molar-refractivity contribution in [3.8, 4) is 0 Å². The molecule has 0 atom stereocenters. The number of aliphatic hydroxyl groups excluding tert-OH is 1. The maximum atomic E-state index is 13.9. The van der Waals surface area contributed by atoms with Crippen LogP contribution in [-0.2, 0) is 0 Å². The van der Waals surface area contributed by atoms with Gasteiger partial charge in [-0.2, -0.15) is 0 Å². The fourth-order valence-electron chi connectivity index (χ4n) is 2.07. The predicted octanol–water partition coefficient (Wildman–Crippen LogP) is 2.31. The van der Waals surface area contributed by atoms with Crippen LogP contribution in [0, 0.1) is 5.82 Å². The maximum Gasteiger partial charge on any atom is 0.165 e. The summed E-state index contributed by atoms with van der Waals surface area (Å²) < 4.78 is 13.9. The fraction of sp³-hybridized carbons (Fsp3) is 0.615. The number of pyridine rings is 1. The summed E-state index contributed by atoms with van der Waals surface area (Å²) in [6.45, 7) is 5.39. The number of anilines is 1. The summed E-state index contributed by atoms with van der Waals surface area (Å²) in [5.41, 5.74) is 0.920. The van der Waals surface area contributed by atoms with E-state index in [-0.39, 0.29) is 17.8 Å². The van der Waals surface area contributed by atoms with E-state index < -0.39 is 0 Å². The molecule has 3 nitrogen and oxygen atoms in total. The van der Waals surface area contributed by atoms with Gasteiger partial charge in [0, 0.05) is 19.3 Å². The summed E-state index contributed by atoms with van der Waals surface area (Å²) in [5.74, 6) is 0.447. The molecule has 1 aromatic heterocycles. The molecule has 1 aromatic rings. The van der Waals surface area contributed by atoms with Crippen LogP contribution in [0.5, 0.6) is 0 Å². The molecule has 0 aromatic carbocycles. The summed E-state index contributed by atoms with van der Waals surface area (Å²) in [4.78, 5) is 6.13. The molecule has 94 valence electrons. The molecule has 1 aliphatic heterocycles. The zero-order valence-electron chi connectivity index (χ0n) is 10.4. The number of hydrogen-bond donors (Lipinski definition) is 1. The van der Waals surface area contributed by atoms with Crippen molar-refractivity contribution in [3.05, 3.63) is 23.6 Å². The summed E-state index contributed by atoms with van der Waals surface area (Å²) in [6, 6.07) is 1.57. The lowest BCUT2D eigenvalue weighted by Gasteiger charge is -2.30. The first-order valence-corrected chi connectivity index (χ1v) is 6.16. The Hall–Kier alpha value is -1.16. The molecule has 0 unspecified atom stereocenters. The molecule has 2 heterocycles. The first-order chi connectivity index (χ1) is 8.08. The van der Waals surface area contributed by atoms with Gasteiger partial charge in [0.2, 0.25) is 0 Å². The van der Waals surface area contributed by atoms with E-state index in [4.69, 9.17) is 0 Å². The van der Waals surface area contributed by atoms with Crippen molar-refractivity contribution in [2.45, 2.75) is 38.7 Å². The van der Waals surface area contributed by atoms with Gasteiger partial charge < -0.3 is 10.0 Å². The second kappa shape index (κ2) is 5.00. The van der Waals surface area contributed by atoms with E-state index in [1.165, 1.54) is 0 Å². The highest BCUT2D eigenvalue weighted by Gasteiger charge is 2.21. The van der Waals surface area contributed by atoms with Crippen LogP contribution in [0.1, 0.15) is 38.2 Å². The number of hydrogen-bond acceptors (Lipinski definition) is 3. The molecule has 0 amide bonds. The number of aromatic nitrogens is 1. The first-order valence-electron chi connectivity index (χ1n) is 6.16. The monoisotopic (exact) mass is 238 g/mol. The van der Waals surface area contributed by atoms with Crippen LogP contribution in [0.4, 0.5) is 10.2 Å². The summed E-state index contributed by atoms with van der Waals surface area (Å²) in [5, 5.41) is 9.42. The van der Waals surface area contributed by atoms with Crippen molar-refractivity contribution in [3.63, 3.8) is 0 Å². The molecule has 1 aliphatic rings. The van der Waals surface area contributed by atoms with Crippen LogP contribution in [0.3, 0.4) is 0 Å². The van der Waals surface area contributed by atoms with E-state index in [0.717, 1.165) is 5.56 Å². The average molecular weight is 238 g/mol. The van der Waals surface area contributed by atoms with Gasteiger partial charge in [0.15, 0.2) is 11.6 Å². The Morgan fingerprint density at radius 1 is 1.41 bits per heavy atom. The molecule has 4 heteroatoms. The minimum absolute atomic E-state index is 0.246. The van der Waals surface area contributed by atoms with Crippen LogP contribution < -0.4 is 4.90 Å². The van der Waals surface area contributed by atoms with Crippen molar-refractivity contribution in [1.29, 1.82) is 0 Å². The minimum Gasteiger partial charge on any atom is -0.393 e. The Labute approximate surface area is 101 Å². The standard InChI is InChI=1S/C13H19FN2O/c1-9(2)10-7-12(14)13(15-8-10)16-5-3-11(17)4-6-16/h7-9,11,17H,3-6H2,1-2H3. The highest BCUT2D eigenvalue weighted by molar-refractivity contribution is 5.42. The largest absolute Gasteiger partial charge is 0.393 e. The van der Waals surface area contributed by atoms with Gasteiger partial charge >= 0.3 is 0 Å². The van der Waals surface area contributed by atoms with Gasteiger partial charge in [0.25, 0.3) is 0 Å². The second-order valence-corrected chi connectivity index (χ2v) is 4.95. The van der Waals surface area contributed by atoms with E-state index in [0.29, 0.717) is 31.7 Å². The van der Waals surface area contributed by atoms with Gasteiger partial charge in [-0.05, 0) is 30.4 Å². The van der Waals surface area contributed by atoms with E-state index in [2.05, 4.69) is 4.98 Å². The SMILES string of the molecule is CC(C)c1cnc(N2CCC(O)CC2)c(F)c1. The smallest absolute Gasteiger partial charge is 0.165 e. The third kappa shape index (κ3) is 2.75. The number of aliphatic hydroxyl groups is 1. The Kier molecular flexibility index (Phi) is 3.62. The third-order valence-corrected chi connectivity index (χ3v) is 3.27. The van der Waals surface area contributed by atoms with Crippen molar-refractivity contribution < 1.29 is 9.50 Å². The van der Waals surface area contributed by atoms with Crippen LogP contribution >= 0.6 is 0 Å². The molecular weight excluding hydrogens is 219 g/mol. The lowest BCUT2D eigenvalue weighted by Crippen LogP contribution is -2.36. The van der Waals surface area contributed by atoms with Gasteiger partial charge in [0.1, 0.15) is 0 Å². The molecule has 0 radical (unpaired) electrons. The highest BCUT2D eigenvalue weighted by atomic mass is 19.1. The predicted molar refractivity (Wildman–Crippen MR) is 65.7 cm³/mol. The van der Waals surface area contributed by atoms with Gasteiger partial charge in [-0.1, -0.05) is 13.8 Å². The van der Waals surface area contributed by atoms with Crippen molar-refractivity contribution in [1.82, 2.24) is 4.98 Å². The van der Waals surface area contributed by atoms with Gasteiger partial charge in [-0.25, -0.2) is 9.37 Å². The van der Waals surface area contributed by atoms with Crippen LogP contribution in [0.25, 0.3) is 0 Å². The Bertz CT molecular complexity index is 387. The lowest BCUT2D eigenvalue weighted by molar-refractivity contribution is 0.145. The Balaban J connectivity index is 2.16. The number of piperidine rings is 1. The van der Waals surface area contributed by atoms with Crippen molar-refractivity contribution >= 4 is 5.82 Å². The molecule has 0 aliphatic carbocycles. The number of rotatable bonds is 2. The number of halogens is 1. The second-order valence-electron chi connectivity index (χ2n) is 4.95. The van der Waals surface area contributed by atoms with E-state index in [1.807, 2.05) is 18.7 Å². The molecule has 2 rings (SSSR count). The van der Waals surface area contributed by atoms with E-state index in [9.17, 15) is 9.50 Å². The van der Waals surface area contributed by atoms with Crippen LogP contribution in [0.15, 0.2) is 12.3 Å². The van der Waals surface area contributed by atoms with Gasteiger partial charge in [-0.3, -0.25) is 0 Å². The van der Waals surface area contributed by atoms with Gasteiger partial charge in [0.05, 0.1) is 6.10 Å². The van der Waals surface area contributed by atoms with Gasteiger partial charge in [-0.15, -0.1) is 0 Å². The summed E-state index contributed by atoms with van der Waals surface area (Å²) in [7, 11) is 0. The zero-order chi connectivity index (χ0) is 12.4. The van der Waals surface area contributed by atoms with E-state index in [1.54, 1.807) is 12.3 Å². The molecule has 1 saturated heterocycles. The quantitative estimate of drug-likeness (QED) is 0.859. The highest BCUT2D eigenvalue weighted by Crippen LogP contribution is 2.23. The molecule has 0 bridgehead atoms. The molecule has 0 spiro atoms. The van der Waals surface area contributed by atoms with Crippen molar-refractivity contribution in [2.24, 2.45) is 0 Å². The van der Waals surface area contributed by atoms with Crippen molar-refractivity contribution in [2.75, 3.05) is 18.0 Å². The third-order valence-electron chi connectivity index (χ3n) is 3.27. The maximum absolute atomic E-state index is 13.9. The average Bonchev–Trinajstić information content (AvgIpc) is 2.30. The summed E-state index contributed by atoms with van der Waals surface area (Å²) in [6.07, 6.45) is 2.87. The molecular formula is C13H19FN2O. The van der Waals surface area contributed by atoms with Crippen LogP contribution in [-0.4, -0.2) is 29.3 Å². The topological polar surface area (TPSA) is 36.4 Å². The van der Waals surface area contributed by atoms with Crippen LogP contribution in [0.2, 0.25) is 0 Å². The molecule has 0 saturated carbocycles. The normalized spacial score (nSPS) is 17.8. The molecule has 1 N–H and O–H groups in total. The minimum atomic E-state index is -0.257. The first kappa shape index (κ1) is 12.3. The Morgan fingerprint density at radius 3 is 2.59 bits per heavy atom. The summed E-state index contributed by atoms with van der Waals surface area (Å²) >= 11 is 0. The van der Waals surface area contributed by atoms with E-state index >= 15 is 0 Å².